The number of ether oxygens (including phenoxy) is 1. The van der Waals surface area contributed by atoms with E-state index in [1.165, 1.54) is 0 Å². The Morgan fingerprint density at radius 1 is 1.46 bits per heavy atom. The molecule has 0 saturated carbocycles. The number of fused-ring (bicyclic) bond motifs is 1. The van der Waals surface area contributed by atoms with Gasteiger partial charge in [-0.2, -0.15) is 0 Å². The van der Waals surface area contributed by atoms with Gasteiger partial charge >= 0.3 is 5.97 Å². The predicted octanol–water partition coefficient (Wildman–Crippen LogP) is 1.07. The van der Waals surface area contributed by atoms with Crippen LogP contribution in [0.15, 0.2) is 36.5 Å². The molecule has 1 aromatic rings. The van der Waals surface area contributed by atoms with E-state index >= 15 is 0 Å². The Labute approximate surface area is 141 Å². The lowest BCUT2D eigenvalue weighted by molar-refractivity contribution is -0.163. The highest BCUT2D eigenvalue weighted by Crippen LogP contribution is 2.34. The number of pyridine rings is 1. The Balaban J connectivity index is 1.95. The topological polar surface area (TPSA) is 71.5 Å². The first kappa shape index (κ1) is 16.6. The average molecular weight is 329 g/mol. The summed E-state index contributed by atoms with van der Waals surface area (Å²) in [6.07, 6.45) is 5.56. The largest absolute Gasteiger partial charge is 0.459 e. The normalized spacial score (nSPS) is 26.4. The highest BCUT2D eigenvalue weighted by Gasteiger charge is 2.53. The molecule has 2 unspecified atom stereocenters. The third kappa shape index (κ3) is 3.06. The molecule has 6 heteroatoms. The SMILES string of the molecule is CC(C)(C)OC(=O)C1NCCN2C(=O)C=CC12Cc1ccccn1. The summed E-state index contributed by atoms with van der Waals surface area (Å²) in [7, 11) is 0. The highest BCUT2D eigenvalue weighted by atomic mass is 16.6. The number of carbonyl (C=O) groups excluding carboxylic acids is 2. The summed E-state index contributed by atoms with van der Waals surface area (Å²) in [6, 6.07) is 5.04. The number of hydrogen-bond donors (Lipinski definition) is 1. The van der Waals surface area contributed by atoms with Gasteiger partial charge in [-0.1, -0.05) is 12.1 Å². The van der Waals surface area contributed by atoms with Crippen LogP contribution in [0.25, 0.3) is 0 Å². The summed E-state index contributed by atoms with van der Waals surface area (Å²) >= 11 is 0. The fourth-order valence-electron chi connectivity index (χ4n) is 3.37. The molecule has 0 aliphatic carbocycles. The first-order valence-corrected chi connectivity index (χ1v) is 8.19. The van der Waals surface area contributed by atoms with Crippen LogP contribution in [-0.4, -0.2) is 52.0 Å². The van der Waals surface area contributed by atoms with Gasteiger partial charge < -0.3 is 15.0 Å². The van der Waals surface area contributed by atoms with E-state index in [1.807, 2.05) is 45.0 Å². The molecule has 3 rings (SSSR count). The Bertz CT molecular complexity index is 666. The van der Waals surface area contributed by atoms with E-state index in [-0.39, 0.29) is 11.9 Å². The van der Waals surface area contributed by atoms with E-state index in [2.05, 4.69) is 10.3 Å². The molecule has 1 saturated heterocycles. The third-order valence-electron chi connectivity index (χ3n) is 4.30. The van der Waals surface area contributed by atoms with E-state index in [9.17, 15) is 9.59 Å². The minimum absolute atomic E-state index is 0.0685. The zero-order valence-corrected chi connectivity index (χ0v) is 14.3. The number of nitrogens with one attached hydrogen (secondary N) is 1. The molecule has 3 heterocycles. The van der Waals surface area contributed by atoms with Crippen LogP contribution < -0.4 is 5.32 Å². The number of esters is 1. The van der Waals surface area contributed by atoms with Crippen LogP contribution in [-0.2, 0) is 20.7 Å². The number of carbonyl (C=O) groups is 2. The van der Waals surface area contributed by atoms with Gasteiger partial charge in [-0.3, -0.25) is 14.6 Å². The maximum absolute atomic E-state index is 12.8. The smallest absolute Gasteiger partial charge is 0.326 e. The van der Waals surface area contributed by atoms with Crippen LogP contribution in [0.2, 0.25) is 0 Å². The molecular weight excluding hydrogens is 306 g/mol. The fraction of sp³-hybridized carbons (Fsp3) is 0.500. The standard InChI is InChI=1S/C18H23N3O3/c1-17(2,3)24-16(23)15-18(12-13-6-4-5-9-19-13)8-7-14(22)21(18)11-10-20-15/h4-9,15,20H,10-12H2,1-3H3. The maximum atomic E-state index is 12.8. The van der Waals surface area contributed by atoms with Crippen molar-refractivity contribution in [2.45, 2.75) is 44.4 Å². The van der Waals surface area contributed by atoms with Crippen molar-refractivity contribution in [1.29, 1.82) is 0 Å². The maximum Gasteiger partial charge on any atom is 0.326 e. The number of amides is 1. The number of aromatic nitrogens is 1. The number of nitrogens with zero attached hydrogens (tertiary/aromatic N) is 2. The molecular formula is C18H23N3O3. The van der Waals surface area contributed by atoms with E-state index in [0.717, 1.165) is 5.69 Å². The first-order chi connectivity index (χ1) is 11.3. The minimum Gasteiger partial charge on any atom is -0.459 e. The molecule has 1 fully saturated rings. The van der Waals surface area contributed by atoms with Crippen LogP contribution in [0, 0.1) is 0 Å². The van der Waals surface area contributed by atoms with E-state index in [1.54, 1.807) is 17.2 Å². The molecule has 2 aliphatic heterocycles. The second kappa shape index (κ2) is 6.02. The Morgan fingerprint density at radius 3 is 2.92 bits per heavy atom. The molecule has 1 aromatic heterocycles. The van der Waals surface area contributed by atoms with E-state index in [0.29, 0.717) is 19.5 Å². The molecule has 0 radical (unpaired) electrons. The van der Waals surface area contributed by atoms with Gasteiger partial charge in [-0.05, 0) is 32.9 Å². The van der Waals surface area contributed by atoms with Crippen LogP contribution in [0.5, 0.6) is 0 Å². The van der Waals surface area contributed by atoms with Crippen LogP contribution in [0.3, 0.4) is 0 Å². The van der Waals surface area contributed by atoms with Crippen LogP contribution in [0.1, 0.15) is 26.5 Å². The molecule has 0 spiro atoms. The van der Waals surface area contributed by atoms with Crippen molar-refractivity contribution >= 4 is 11.9 Å². The second-order valence-electron chi connectivity index (χ2n) is 7.23. The van der Waals surface area contributed by atoms with Crippen molar-refractivity contribution in [2.24, 2.45) is 0 Å². The summed E-state index contributed by atoms with van der Waals surface area (Å²) in [4.78, 5) is 31.2. The van der Waals surface area contributed by atoms with Crippen molar-refractivity contribution in [3.8, 4) is 0 Å². The van der Waals surface area contributed by atoms with Crippen molar-refractivity contribution in [2.75, 3.05) is 13.1 Å². The van der Waals surface area contributed by atoms with Crippen molar-refractivity contribution in [3.05, 3.63) is 42.2 Å². The van der Waals surface area contributed by atoms with E-state index in [4.69, 9.17) is 4.74 Å². The van der Waals surface area contributed by atoms with Gasteiger partial charge in [-0.25, -0.2) is 0 Å². The van der Waals surface area contributed by atoms with Crippen molar-refractivity contribution in [1.82, 2.24) is 15.2 Å². The number of hydrogen-bond acceptors (Lipinski definition) is 5. The Kier molecular flexibility index (Phi) is 4.17. The lowest BCUT2D eigenvalue weighted by atomic mass is 9.82. The number of piperazine rings is 1. The lowest BCUT2D eigenvalue weighted by Gasteiger charge is -2.47. The summed E-state index contributed by atoms with van der Waals surface area (Å²) < 4.78 is 5.59. The van der Waals surface area contributed by atoms with Crippen LogP contribution >= 0.6 is 0 Å². The molecule has 6 nitrogen and oxygen atoms in total. The van der Waals surface area contributed by atoms with Gasteiger partial charge in [0.15, 0.2) is 0 Å². The van der Waals surface area contributed by atoms with Crippen molar-refractivity contribution < 1.29 is 14.3 Å². The van der Waals surface area contributed by atoms with E-state index < -0.39 is 17.2 Å². The van der Waals surface area contributed by atoms with Crippen molar-refractivity contribution in [3.63, 3.8) is 0 Å². The Hall–Kier alpha value is -2.21. The summed E-state index contributed by atoms with van der Waals surface area (Å²) in [5.74, 6) is -0.413. The molecule has 2 atom stereocenters. The molecule has 1 amide bonds. The van der Waals surface area contributed by atoms with Gasteiger partial charge in [0, 0.05) is 37.5 Å². The average Bonchev–Trinajstić information content (AvgIpc) is 2.83. The molecule has 0 aromatic carbocycles. The van der Waals surface area contributed by atoms with Gasteiger partial charge in [0.05, 0.1) is 5.54 Å². The molecule has 2 aliphatic rings. The molecule has 128 valence electrons. The predicted molar refractivity (Wildman–Crippen MR) is 89.2 cm³/mol. The third-order valence-corrected chi connectivity index (χ3v) is 4.30. The fourth-order valence-corrected chi connectivity index (χ4v) is 3.37. The molecule has 0 bridgehead atoms. The summed E-state index contributed by atoms with van der Waals surface area (Å²) in [6.45, 7) is 6.63. The lowest BCUT2D eigenvalue weighted by Crippen LogP contribution is -2.69. The second-order valence-corrected chi connectivity index (χ2v) is 7.23. The summed E-state index contributed by atoms with van der Waals surface area (Å²) in [5.41, 5.74) is -0.523. The molecule has 1 N–H and O–H groups in total. The summed E-state index contributed by atoms with van der Waals surface area (Å²) in [5, 5.41) is 3.25. The molecule has 24 heavy (non-hydrogen) atoms. The van der Waals surface area contributed by atoms with Gasteiger partial charge in [0.2, 0.25) is 5.91 Å². The quantitative estimate of drug-likeness (QED) is 0.840. The zero-order chi connectivity index (χ0) is 17.4. The van der Waals surface area contributed by atoms with Gasteiger partial charge in [0.1, 0.15) is 11.6 Å². The minimum atomic E-state index is -0.772. The monoisotopic (exact) mass is 329 g/mol. The zero-order valence-electron chi connectivity index (χ0n) is 14.3. The number of rotatable bonds is 3. The van der Waals surface area contributed by atoms with Gasteiger partial charge in [-0.15, -0.1) is 0 Å². The highest BCUT2D eigenvalue weighted by molar-refractivity contribution is 5.94. The first-order valence-electron chi connectivity index (χ1n) is 8.19. The van der Waals surface area contributed by atoms with Crippen LogP contribution in [0.4, 0.5) is 0 Å². The van der Waals surface area contributed by atoms with Gasteiger partial charge in [0.25, 0.3) is 0 Å². The Morgan fingerprint density at radius 2 is 2.25 bits per heavy atom.